The van der Waals surface area contributed by atoms with Gasteiger partial charge in [0.2, 0.25) is 6.29 Å². The summed E-state index contributed by atoms with van der Waals surface area (Å²) in [5, 5.41) is 18.6. The number of carboxylic acids is 1. The summed E-state index contributed by atoms with van der Waals surface area (Å²) in [6.45, 7) is 0.539. The number of hydrogen-bond donors (Lipinski definition) is 2. The molecule has 0 saturated carbocycles. The molecular formula is C14H16O7. The summed E-state index contributed by atoms with van der Waals surface area (Å²) in [4.78, 5) is 21.0. The quantitative estimate of drug-likeness (QED) is 0.744. The maximum atomic E-state index is 10.9. The molecule has 1 aromatic rings. The van der Waals surface area contributed by atoms with Gasteiger partial charge in [0, 0.05) is 12.8 Å². The normalized spacial score (nSPS) is 25.1. The van der Waals surface area contributed by atoms with Gasteiger partial charge in [-0.3, -0.25) is 4.79 Å². The van der Waals surface area contributed by atoms with Gasteiger partial charge in [0.15, 0.2) is 6.10 Å². The van der Waals surface area contributed by atoms with Crippen molar-refractivity contribution in [3.63, 3.8) is 0 Å². The maximum Gasteiger partial charge on any atom is 0.333 e. The van der Waals surface area contributed by atoms with Crippen LogP contribution in [0.1, 0.15) is 18.4 Å². The number of aliphatic carboxylic acids is 1. The molecule has 0 bridgehead atoms. The minimum atomic E-state index is -1.12. The Bertz CT molecular complexity index is 485. The Morgan fingerprint density at radius 1 is 1.33 bits per heavy atom. The third-order valence-corrected chi connectivity index (χ3v) is 3.05. The van der Waals surface area contributed by atoms with Crippen molar-refractivity contribution in [3.8, 4) is 5.75 Å². The Kier molecular flexibility index (Phi) is 5.13. The average molecular weight is 296 g/mol. The number of benzene rings is 1. The number of carbonyl (C=O) groups excluding carboxylic acids is 1. The zero-order valence-electron chi connectivity index (χ0n) is 11.2. The molecule has 1 heterocycles. The molecule has 2 N–H and O–H groups in total. The van der Waals surface area contributed by atoms with Crippen LogP contribution < -0.4 is 4.74 Å². The van der Waals surface area contributed by atoms with Gasteiger partial charge in [-0.05, 0) is 17.7 Å². The Balaban J connectivity index is 1.94. The van der Waals surface area contributed by atoms with Crippen LogP contribution in [0.4, 0.5) is 0 Å². The minimum absolute atomic E-state index is 0.0527. The number of hydrogen-bond acceptors (Lipinski definition) is 6. The second-order valence-corrected chi connectivity index (χ2v) is 4.69. The van der Waals surface area contributed by atoms with Crippen LogP contribution in [-0.2, 0) is 25.7 Å². The molecule has 3 unspecified atom stereocenters. The van der Waals surface area contributed by atoms with Crippen molar-refractivity contribution in [3.05, 3.63) is 29.8 Å². The maximum absolute atomic E-state index is 10.9. The second-order valence-electron chi connectivity index (χ2n) is 4.69. The summed E-state index contributed by atoms with van der Waals surface area (Å²) in [6, 6.07) is 6.74. The van der Waals surface area contributed by atoms with E-state index in [1.165, 1.54) is 0 Å². The fraction of sp³-hybridized carbons (Fsp3) is 0.429. The molecule has 1 aromatic carbocycles. The van der Waals surface area contributed by atoms with Crippen LogP contribution in [-0.4, -0.2) is 41.2 Å². The van der Waals surface area contributed by atoms with Gasteiger partial charge in [0.05, 0.1) is 6.10 Å². The van der Waals surface area contributed by atoms with Gasteiger partial charge in [0.25, 0.3) is 6.47 Å². The van der Waals surface area contributed by atoms with Crippen LogP contribution >= 0.6 is 0 Å². The van der Waals surface area contributed by atoms with Crippen LogP contribution in [0.15, 0.2) is 24.3 Å². The largest absolute Gasteiger partial charge is 0.479 e. The molecule has 0 spiro atoms. The SMILES string of the molecule is O=COCc1ccc(OC2CC(O)CC(C(=O)O)O2)cc1. The van der Waals surface area contributed by atoms with Gasteiger partial charge in [-0.25, -0.2) is 4.79 Å². The van der Waals surface area contributed by atoms with Crippen LogP contribution in [0, 0.1) is 0 Å². The molecular weight excluding hydrogens is 280 g/mol. The lowest BCUT2D eigenvalue weighted by atomic mass is 10.1. The number of carbonyl (C=O) groups is 2. The smallest absolute Gasteiger partial charge is 0.333 e. The Morgan fingerprint density at radius 2 is 2.05 bits per heavy atom. The standard InChI is InChI=1S/C14H16O7/c15-8-19-7-9-1-3-11(4-2-9)20-13-6-10(16)5-12(21-13)14(17)18/h1-4,8,10,12-13,16H,5-7H2,(H,17,18). The molecule has 1 saturated heterocycles. The van der Waals surface area contributed by atoms with E-state index in [1.54, 1.807) is 24.3 Å². The summed E-state index contributed by atoms with van der Waals surface area (Å²) in [7, 11) is 0. The number of carboxylic acid groups (broad SMARTS) is 1. The predicted molar refractivity (Wildman–Crippen MR) is 69.5 cm³/mol. The highest BCUT2D eigenvalue weighted by Gasteiger charge is 2.33. The topological polar surface area (TPSA) is 102 Å². The molecule has 0 radical (unpaired) electrons. The lowest BCUT2D eigenvalue weighted by Crippen LogP contribution is -2.42. The Labute approximate surface area is 121 Å². The van der Waals surface area contributed by atoms with Crippen LogP contribution in [0.2, 0.25) is 0 Å². The number of rotatable bonds is 6. The van der Waals surface area contributed by atoms with Gasteiger partial charge < -0.3 is 24.4 Å². The lowest BCUT2D eigenvalue weighted by Gasteiger charge is -2.31. The zero-order chi connectivity index (χ0) is 15.2. The van der Waals surface area contributed by atoms with Crippen molar-refractivity contribution in [2.24, 2.45) is 0 Å². The second kappa shape index (κ2) is 7.05. The highest BCUT2D eigenvalue weighted by molar-refractivity contribution is 5.72. The summed E-state index contributed by atoms with van der Waals surface area (Å²) >= 11 is 0. The molecule has 1 aliphatic heterocycles. The number of aliphatic hydroxyl groups excluding tert-OH is 1. The molecule has 0 aliphatic carbocycles. The zero-order valence-corrected chi connectivity index (χ0v) is 11.2. The van der Waals surface area contributed by atoms with Gasteiger partial charge in [-0.2, -0.15) is 0 Å². The molecule has 7 heteroatoms. The first-order valence-electron chi connectivity index (χ1n) is 6.45. The van der Waals surface area contributed by atoms with E-state index in [-0.39, 0.29) is 19.4 Å². The van der Waals surface area contributed by atoms with Crippen LogP contribution in [0.3, 0.4) is 0 Å². The Morgan fingerprint density at radius 3 is 2.67 bits per heavy atom. The van der Waals surface area contributed by atoms with E-state index in [2.05, 4.69) is 4.74 Å². The van der Waals surface area contributed by atoms with Crippen molar-refractivity contribution in [2.75, 3.05) is 0 Å². The molecule has 114 valence electrons. The van der Waals surface area contributed by atoms with Crippen molar-refractivity contribution in [1.82, 2.24) is 0 Å². The summed E-state index contributed by atoms with van der Waals surface area (Å²) in [5.41, 5.74) is 0.794. The first-order valence-corrected chi connectivity index (χ1v) is 6.45. The van der Waals surface area contributed by atoms with E-state index in [1.807, 2.05) is 0 Å². The van der Waals surface area contributed by atoms with E-state index >= 15 is 0 Å². The molecule has 1 fully saturated rings. The van der Waals surface area contributed by atoms with E-state index in [9.17, 15) is 14.7 Å². The molecule has 7 nitrogen and oxygen atoms in total. The monoisotopic (exact) mass is 296 g/mol. The first kappa shape index (κ1) is 15.3. The Hall–Kier alpha value is -2.12. The van der Waals surface area contributed by atoms with E-state index < -0.39 is 24.5 Å². The van der Waals surface area contributed by atoms with Crippen LogP contribution in [0.5, 0.6) is 5.75 Å². The highest BCUT2D eigenvalue weighted by atomic mass is 16.7. The highest BCUT2D eigenvalue weighted by Crippen LogP contribution is 2.23. The van der Waals surface area contributed by atoms with E-state index in [0.29, 0.717) is 12.2 Å². The third kappa shape index (κ3) is 4.44. The summed E-state index contributed by atoms with van der Waals surface area (Å²) < 4.78 is 15.4. The van der Waals surface area contributed by atoms with Crippen molar-refractivity contribution < 1.29 is 34.0 Å². The van der Waals surface area contributed by atoms with Gasteiger partial charge in [-0.1, -0.05) is 12.1 Å². The predicted octanol–water partition coefficient (Wildman–Crippen LogP) is 0.689. The molecule has 0 aromatic heterocycles. The van der Waals surface area contributed by atoms with Crippen molar-refractivity contribution in [2.45, 2.75) is 37.9 Å². The molecule has 2 rings (SSSR count). The molecule has 3 atom stereocenters. The fourth-order valence-electron chi connectivity index (χ4n) is 2.04. The first-order chi connectivity index (χ1) is 10.1. The molecule has 1 aliphatic rings. The molecule has 21 heavy (non-hydrogen) atoms. The summed E-state index contributed by atoms with van der Waals surface area (Å²) in [6.07, 6.45) is -2.40. The van der Waals surface area contributed by atoms with Gasteiger partial charge in [-0.15, -0.1) is 0 Å². The summed E-state index contributed by atoms with van der Waals surface area (Å²) in [5.74, 6) is -0.642. The van der Waals surface area contributed by atoms with E-state index in [4.69, 9.17) is 14.6 Å². The van der Waals surface area contributed by atoms with Gasteiger partial charge >= 0.3 is 5.97 Å². The third-order valence-electron chi connectivity index (χ3n) is 3.05. The minimum Gasteiger partial charge on any atom is -0.479 e. The lowest BCUT2D eigenvalue weighted by molar-refractivity contribution is -0.195. The number of aliphatic hydroxyl groups is 1. The van der Waals surface area contributed by atoms with Crippen molar-refractivity contribution in [1.29, 1.82) is 0 Å². The fourth-order valence-corrected chi connectivity index (χ4v) is 2.04. The van der Waals surface area contributed by atoms with Crippen LogP contribution in [0.25, 0.3) is 0 Å². The average Bonchev–Trinajstić information content (AvgIpc) is 2.46. The number of ether oxygens (including phenoxy) is 3. The van der Waals surface area contributed by atoms with Crippen molar-refractivity contribution >= 4 is 12.4 Å². The molecule has 0 amide bonds. The van der Waals surface area contributed by atoms with E-state index in [0.717, 1.165) is 5.56 Å². The van der Waals surface area contributed by atoms with Gasteiger partial charge in [0.1, 0.15) is 12.4 Å².